The molecule has 0 saturated heterocycles. The Morgan fingerprint density at radius 3 is 1.39 bits per heavy atom. The van der Waals surface area contributed by atoms with Crippen molar-refractivity contribution >= 4 is 43.6 Å². The highest BCUT2D eigenvalue weighted by Crippen LogP contribution is 2.41. The van der Waals surface area contributed by atoms with Gasteiger partial charge in [-0.1, -0.05) is 152 Å². The average Bonchev–Trinajstić information content (AvgIpc) is 3.78. The molecule has 0 atom stereocenters. The molecule has 0 unspecified atom stereocenters. The van der Waals surface area contributed by atoms with E-state index in [9.17, 15) is 0 Å². The quantitative estimate of drug-likeness (QED) is 0.172. The molecule has 0 N–H and O–H groups in total. The van der Waals surface area contributed by atoms with Gasteiger partial charge in [-0.2, -0.15) is 0 Å². The van der Waals surface area contributed by atoms with Crippen molar-refractivity contribution in [3.05, 3.63) is 200 Å². The molecule has 3 aromatic heterocycles. The van der Waals surface area contributed by atoms with Gasteiger partial charge in [-0.05, 0) is 59.7 Å². The number of para-hydroxylation sites is 4. The van der Waals surface area contributed by atoms with Crippen LogP contribution in [0.25, 0.3) is 100 Å². The SMILES string of the molecule is c1ccc(-c2ccc(-c3nc(-c4ccccc4)nc(-c4ccccc4-n4c5ccccc5c5cc6c7ccccc7n(-c7ccccc7)c6cc54)n3)cc2)cc1. The molecule has 262 valence electrons. The standard InChI is InChI=1S/C51H33N5/c1-4-16-34(17-5-1)35-28-30-37(31-29-35)50-52-49(36-18-6-2-7-19-36)53-51(54-50)41-24-12-15-27-46(41)56-45-26-14-11-23-40(45)43-32-42-39-22-10-13-25-44(39)55(47(42)33-48(43)56)38-20-8-3-9-21-38/h1-33H. The monoisotopic (exact) mass is 715 g/mol. The summed E-state index contributed by atoms with van der Waals surface area (Å²) in [6.45, 7) is 0. The van der Waals surface area contributed by atoms with Gasteiger partial charge in [-0.15, -0.1) is 0 Å². The normalized spacial score (nSPS) is 11.6. The molecule has 0 fully saturated rings. The fourth-order valence-electron chi connectivity index (χ4n) is 8.19. The maximum Gasteiger partial charge on any atom is 0.166 e. The van der Waals surface area contributed by atoms with Crippen molar-refractivity contribution in [1.82, 2.24) is 24.1 Å². The third-order valence-corrected chi connectivity index (χ3v) is 10.8. The number of hydrogen-bond donors (Lipinski definition) is 0. The van der Waals surface area contributed by atoms with E-state index in [1.54, 1.807) is 0 Å². The van der Waals surface area contributed by atoms with Crippen LogP contribution in [0.5, 0.6) is 0 Å². The number of aromatic nitrogens is 5. The van der Waals surface area contributed by atoms with Crippen LogP contribution in [-0.2, 0) is 0 Å². The largest absolute Gasteiger partial charge is 0.309 e. The van der Waals surface area contributed by atoms with E-state index in [1.807, 2.05) is 24.3 Å². The zero-order valence-corrected chi connectivity index (χ0v) is 30.3. The smallest absolute Gasteiger partial charge is 0.166 e. The second kappa shape index (κ2) is 13.0. The molecule has 5 heteroatoms. The van der Waals surface area contributed by atoms with Crippen LogP contribution in [0.15, 0.2) is 200 Å². The van der Waals surface area contributed by atoms with Crippen LogP contribution in [0.3, 0.4) is 0 Å². The number of nitrogens with zero attached hydrogens (tertiary/aromatic N) is 5. The Bertz CT molecular complexity index is 3220. The Morgan fingerprint density at radius 1 is 0.286 bits per heavy atom. The minimum Gasteiger partial charge on any atom is -0.309 e. The Morgan fingerprint density at radius 2 is 0.732 bits per heavy atom. The molecule has 0 aliphatic heterocycles. The van der Waals surface area contributed by atoms with Gasteiger partial charge in [0.2, 0.25) is 0 Å². The molecule has 0 saturated carbocycles. The van der Waals surface area contributed by atoms with Crippen LogP contribution < -0.4 is 0 Å². The number of rotatable bonds is 6. The van der Waals surface area contributed by atoms with Gasteiger partial charge in [0.15, 0.2) is 17.5 Å². The third-order valence-electron chi connectivity index (χ3n) is 10.8. The van der Waals surface area contributed by atoms with Gasteiger partial charge in [-0.25, -0.2) is 15.0 Å². The summed E-state index contributed by atoms with van der Waals surface area (Å²) in [5.74, 6) is 1.87. The predicted molar refractivity (Wildman–Crippen MR) is 230 cm³/mol. The molecule has 0 radical (unpaired) electrons. The summed E-state index contributed by atoms with van der Waals surface area (Å²) < 4.78 is 4.76. The summed E-state index contributed by atoms with van der Waals surface area (Å²) in [6.07, 6.45) is 0. The maximum atomic E-state index is 5.23. The highest BCUT2D eigenvalue weighted by molar-refractivity contribution is 6.19. The van der Waals surface area contributed by atoms with E-state index in [0.29, 0.717) is 17.5 Å². The molecule has 0 bridgehead atoms. The summed E-state index contributed by atoms with van der Waals surface area (Å²) in [5.41, 5.74) is 11.8. The van der Waals surface area contributed by atoms with Crippen LogP contribution in [-0.4, -0.2) is 24.1 Å². The molecule has 0 amide bonds. The van der Waals surface area contributed by atoms with Gasteiger partial charge in [0.05, 0.1) is 27.8 Å². The summed E-state index contributed by atoms with van der Waals surface area (Å²) in [5, 5.41) is 4.84. The second-order valence-electron chi connectivity index (χ2n) is 14.1. The second-order valence-corrected chi connectivity index (χ2v) is 14.1. The highest BCUT2D eigenvalue weighted by Gasteiger charge is 2.21. The zero-order chi connectivity index (χ0) is 37.0. The molecule has 0 spiro atoms. The van der Waals surface area contributed by atoms with Crippen LogP contribution in [0.1, 0.15) is 0 Å². The molecule has 3 heterocycles. The highest BCUT2D eigenvalue weighted by atomic mass is 15.1. The number of fused-ring (bicyclic) bond motifs is 6. The minimum atomic E-state index is 0.613. The first-order valence-electron chi connectivity index (χ1n) is 18.9. The van der Waals surface area contributed by atoms with E-state index in [1.165, 1.54) is 32.6 Å². The van der Waals surface area contributed by atoms with Gasteiger partial charge < -0.3 is 9.13 Å². The van der Waals surface area contributed by atoms with Crippen molar-refractivity contribution in [3.8, 4) is 56.7 Å². The van der Waals surface area contributed by atoms with Gasteiger partial charge in [0, 0.05) is 43.9 Å². The number of hydrogen-bond acceptors (Lipinski definition) is 3. The predicted octanol–water partition coefficient (Wildman–Crippen LogP) is 12.7. The molecular formula is C51H33N5. The van der Waals surface area contributed by atoms with Gasteiger partial charge in [0.1, 0.15) is 0 Å². The minimum absolute atomic E-state index is 0.613. The molecule has 11 aromatic rings. The summed E-state index contributed by atoms with van der Waals surface area (Å²) in [6, 6.07) is 70.3. The van der Waals surface area contributed by atoms with Gasteiger partial charge >= 0.3 is 0 Å². The lowest BCUT2D eigenvalue weighted by Gasteiger charge is -2.15. The van der Waals surface area contributed by atoms with Crippen LogP contribution in [0.4, 0.5) is 0 Å². The summed E-state index contributed by atoms with van der Waals surface area (Å²) in [7, 11) is 0. The van der Waals surface area contributed by atoms with E-state index in [2.05, 4.69) is 185 Å². The van der Waals surface area contributed by atoms with Crippen LogP contribution in [0.2, 0.25) is 0 Å². The van der Waals surface area contributed by atoms with E-state index >= 15 is 0 Å². The summed E-state index contributed by atoms with van der Waals surface area (Å²) >= 11 is 0. The molecule has 0 aliphatic carbocycles. The fraction of sp³-hybridized carbons (Fsp3) is 0. The van der Waals surface area contributed by atoms with Crippen LogP contribution in [0, 0.1) is 0 Å². The zero-order valence-electron chi connectivity index (χ0n) is 30.3. The topological polar surface area (TPSA) is 48.5 Å². The first kappa shape index (κ1) is 31.9. The van der Waals surface area contributed by atoms with E-state index in [4.69, 9.17) is 15.0 Å². The molecule has 56 heavy (non-hydrogen) atoms. The lowest BCUT2D eigenvalue weighted by atomic mass is 10.0. The first-order valence-corrected chi connectivity index (χ1v) is 18.9. The Kier molecular flexibility index (Phi) is 7.42. The van der Waals surface area contributed by atoms with Gasteiger partial charge in [0.25, 0.3) is 0 Å². The molecule has 0 aliphatic rings. The Hall–Kier alpha value is -7.63. The first-order chi connectivity index (χ1) is 27.8. The van der Waals surface area contributed by atoms with Crippen LogP contribution >= 0.6 is 0 Å². The average molecular weight is 716 g/mol. The summed E-state index contributed by atoms with van der Waals surface area (Å²) in [4.78, 5) is 15.5. The van der Waals surface area contributed by atoms with Gasteiger partial charge in [-0.3, -0.25) is 0 Å². The van der Waals surface area contributed by atoms with Crippen molar-refractivity contribution in [2.75, 3.05) is 0 Å². The van der Waals surface area contributed by atoms with Crippen molar-refractivity contribution in [2.45, 2.75) is 0 Å². The molecule has 5 nitrogen and oxygen atoms in total. The Labute approximate surface area is 323 Å². The molecule has 11 rings (SSSR count). The third kappa shape index (κ3) is 5.21. The lowest BCUT2D eigenvalue weighted by Crippen LogP contribution is -2.03. The number of benzene rings is 8. The fourth-order valence-corrected chi connectivity index (χ4v) is 8.19. The maximum absolute atomic E-state index is 5.23. The lowest BCUT2D eigenvalue weighted by molar-refractivity contribution is 1.06. The van der Waals surface area contributed by atoms with E-state index in [0.717, 1.165) is 50.2 Å². The molecule has 8 aromatic carbocycles. The van der Waals surface area contributed by atoms with Crippen molar-refractivity contribution < 1.29 is 0 Å². The molecular weight excluding hydrogens is 683 g/mol. The van der Waals surface area contributed by atoms with E-state index < -0.39 is 0 Å². The van der Waals surface area contributed by atoms with Crippen molar-refractivity contribution in [2.24, 2.45) is 0 Å². The van der Waals surface area contributed by atoms with E-state index in [-0.39, 0.29) is 0 Å². The van der Waals surface area contributed by atoms with Crippen molar-refractivity contribution in [3.63, 3.8) is 0 Å². The van der Waals surface area contributed by atoms with Crippen molar-refractivity contribution in [1.29, 1.82) is 0 Å². The Balaban J connectivity index is 1.16.